The summed E-state index contributed by atoms with van der Waals surface area (Å²) in [6.45, 7) is 3.18. The van der Waals surface area contributed by atoms with Gasteiger partial charge in [0.05, 0.1) is 0 Å². The van der Waals surface area contributed by atoms with Gasteiger partial charge in [-0.25, -0.2) is 19.9 Å². The van der Waals surface area contributed by atoms with Gasteiger partial charge in [0.25, 0.3) is 0 Å². The van der Waals surface area contributed by atoms with Crippen LogP contribution in [-0.4, -0.2) is 31.8 Å². The maximum Gasteiger partial charge on any atom is 0.343 e. The molecule has 0 atom stereocenters. The fraction of sp³-hybridized carbons (Fsp3) is 0.400. The maximum atomic E-state index is 11.4. The Bertz CT molecular complexity index is 560. The molecular weight excluding hydrogens is 252 g/mol. The zero-order valence-corrected chi connectivity index (χ0v) is 11.0. The van der Waals surface area contributed by atoms with Gasteiger partial charge in [0.2, 0.25) is 0 Å². The molecule has 96 valence electrons. The molecule has 8 heteroatoms. The molecule has 2 aromatic heterocycles. The van der Waals surface area contributed by atoms with Crippen molar-refractivity contribution >= 4 is 11.8 Å². The molecule has 18 heavy (non-hydrogen) atoms. The molecule has 0 saturated heterocycles. The number of nitrogens with zero attached hydrogens (tertiary/aromatic N) is 4. The molecule has 0 fully saturated rings. The maximum absolute atomic E-state index is 11.4. The van der Waals surface area contributed by atoms with E-state index in [-0.39, 0.29) is 5.69 Å². The first kappa shape index (κ1) is 12.8. The van der Waals surface area contributed by atoms with Crippen molar-refractivity contribution in [2.24, 2.45) is 0 Å². The average molecular weight is 266 g/mol. The van der Waals surface area contributed by atoms with Crippen LogP contribution < -0.4 is 11.0 Å². The molecule has 2 heterocycles. The van der Waals surface area contributed by atoms with E-state index in [0.717, 1.165) is 12.1 Å². The summed E-state index contributed by atoms with van der Waals surface area (Å²) >= 11 is 1.26. The van der Waals surface area contributed by atoms with Gasteiger partial charge in [-0.3, -0.25) is 4.57 Å². The van der Waals surface area contributed by atoms with Gasteiger partial charge in [0.15, 0.2) is 10.3 Å². The Morgan fingerprint density at radius 1 is 1.44 bits per heavy atom. The molecule has 0 radical (unpaired) electrons. The van der Waals surface area contributed by atoms with Crippen LogP contribution in [0.15, 0.2) is 27.5 Å². The highest BCUT2D eigenvalue weighted by Crippen LogP contribution is 2.20. The number of rotatable bonds is 5. The van der Waals surface area contributed by atoms with Crippen LogP contribution in [0.3, 0.4) is 0 Å². The summed E-state index contributed by atoms with van der Waals surface area (Å²) in [7, 11) is 1.87. The van der Waals surface area contributed by atoms with Crippen LogP contribution in [0.1, 0.15) is 12.5 Å². The van der Waals surface area contributed by atoms with Gasteiger partial charge in [-0.1, -0.05) is 0 Å². The molecule has 0 spiro atoms. The molecule has 0 unspecified atom stereocenters. The van der Waals surface area contributed by atoms with Crippen molar-refractivity contribution in [1.82, 2.24) is 30.0 Å². The second-order valence-corrected chi connectivity index (χ2v) is 4.50. The summed E-state index contributed by atoms with van der Waals surface area (Å²) < 4.78 is 1.54. The first-order valence-electron chi connectivity index (χ1n) is 5.53. The number of nitrogens with one attached hydrogen (secondary N) is 2. The minimum Gasteiger partial charge on any atom is -0.316 e. The lowest BCUT2D eigenvalue weighted by molar-refractivity contribution is 0.659. The van der Waals surface area contributed by atoms with Gasteiger partial charge in [-0.2, -0.15) is 0 Å². The number of aromatic nitrogens is 5. The molecule has 0 aliphatic carbocycles. The largest absolute Gasteiger partial charge is 0.343 e. The molecular formula is C10H14N6OS. The van der Waals surface area contributed by atoms with E-state index in [4.69, 9.17) is 0 Å². The Hall–Kier alpha value is -1.67. The predicted molar refractivity (Wildman–Crippen MR) is 67.4 cm³/mol. The van der Waals surface area contributed by atoms with Crippen molar-refractivity contribution < 1.29 is 0 Å². The van der Waals surface area contributed by atoms with Crippen LogP contribution in [-0.2, 0) is 13.1 Å². The Morgan fingerprint density at radius 2 is 2.17 bits per heavy atom. The molecule has 0 bridgehead atoms. The van der Waals surface area contributed by atoms with Crippen molar-refractivity contribution in [1.29, 1.82) is 0 Å². The van der Waals surface area contributed by atoms with E-state index in [1.54, 1.807) is 12.4 Å². The molecule has 2 rings (SSSR count). The number of hydrogen-bond donors (Lipinski definition) is 2. The first-order valence-corrected chi connectivity index (χ1v) is 6.34. The Morgan fingerprint density at radius 3 is 2.78 bits per heavy atom. The molecule has 0 saturated carbocycles. The Kier molecular flexibility index (Phi) is 4.11. The fourth-order valence-electron chi connectivity index (χ4n) is 1.43. The van der Waals surface area contributed by atoms with Crippen LogP contribution in [0.25, 0.3) is 0 Å². The fourth-order valence-corrected chi connectivity index (χ4v) is 2.22. The van der Waals surface area contributed by atoms with Crippen LogP contribution in [0.4, 0.5) is 0 Å². The van der Waals surface area contributed by atoms with Crippen LogP contribution >= 0.6 is 11.8 Å². The second kappa shape index (κ2) is 5.78. The van der Waals surface area contributed by atoms with Gasteiger partial charge < -0.3 is 5.32 Å². The normalized spacial score (nSPS) is 10.8. The SMILES string of the molecule is CCn1c(Sc2ncc(CNC)cn2)n[nH]c1=O. The molecule has 2 aromatic rings. The Labute approximate surface area is 108 Å². The smallest absolute Gasteiger partial charge is 0.316 e. The van der Waals surface area contributed by atoms with Crippen molar-refractivity contribution in [2.45, 2.75) is 30.3 Å². The van der Waals surface area contributed by atoms with E-state index >= 15 is 0 Å². The standard InChI is InChI=1S/C10H14N6OS/c1-3-16-9(17)14-15-10(16)18-8-12-5-7(4-11-2)6-13-8/h5-6,11H,3-4H2,1-2H3,(H,14,17). The minimum atomic E-state index is -0.216. The van der Waals surface area contributed by atoms with Crippen molar-refractivity contribution in [2.75, 3.05) is 7.05 Å². The lowest BCUT2D eigenvalue weighted by atomic mass is 10.3. The van der Waals surface area contributed by atoms with Gasteiger partial charge in [-0.05, 0) is 25.7 Å². The van der Waals surface area contributed by atoms with Crippen LogP contribution in [0, 0.1) is 0 Å². The van der Waals surface area contributed by atoms with Gasteiger partial charge in [0, 0.05) is 31.0 Å². The third kappa shape index (κ3) is 2.77. The number of aromatic amines is 1. The zero-order valence-electron chi connectivity index (χ0n) is 10.2. The van der Waals surface area contributed by atoms with Gasteiger partial charge >= 0.3 is 5.69 Å². The lowest BCUT2D eigenvalue weighted by Crippen LogP contribution is -2.16. The van der Waals surface area contributed by atoms with E-state index in [2.05, 4.69) is 25.5 Å². The van der Waals surface area contributed by atoms with E-state index < -0.39 is 0 Å². The number of H-pyrrole nitrogens is 1. The average Bonchev–Trinajstić information content (AvgIpc) is 2.72. The van der Waals surface area contributed by atoms with Crippen molar-refractivity contribution in [3.63, 3.8) is 0 Å². The first-order chi connectivity index (χ1) is 8.74. The van der Waals surface area contributed by atoms with Gasteiger partial charge in [0.1, 0.15) is 0 Å². The van der Waals surface area contributed by atoms with Crippen LogP contribution in [0.5, 0.6) is 0 Å². The molecule has 0 aliphatic rings. The van der Waals surface area contributed by atoms with Crippen molar-refractivity contribution in [3.8, 4) is 0 Å². The van der Waals surface area contributed by atoms with Crippen LogP contribution in [0.2, 0.25) is 0 Å². The predicted octanol–water partition coefficient (Wildman–Crippen LogP) is 0.252. The second-order valence-electron chi connectivity index (χ2n) is 3.56. The highest BCUT2D eigenvalue weighted by Gasteiger charge is 2.09. The summed E-state index contributed by atoms with van der Waals surface area (Å²) in [4.78, 5) is 19.8. The minimum absolute atomic E-state index is 0.216. The van der Waals surface area contributed by atoms with E-state index in [1.165, 1.54) is 16.3 Å². The molecule has 0 amide bonds. The zero-order chi connectivity index (χ0) is 13.0. The molecule has 0 aromatic carbocycles. The third-order valence-electron chi connectivity index (χ3n) is 2.28. The Balaban J connectivity index is 2.15. The summed E-state index contributed by atoms with van der Waals surface area (Å²) in [5.41, 5.74) is 0.795. The van der Waals surface area contributed by atoms with E-state index in [0.29, 0.717) is 16.9 Å². The molecule has 0 aliphatic heterocycles. The summed E-state index contributed by atoms with van der Waals surface area (Å²) in [5, 5.41) is 10.5. The summed E-state index contributed by atoms with van der Waals surface area (Å²) in [6.07, 6.45) is 3.51. The molecule has 7 nitrogen and oxygen atoms in total. The monoisotopic (exact) mass is 266 g/mol. The van der Waals surface area contributed by atoms with Gasteiger partial charge in [-0.15, -0.1) is 5.10 Å². The lowest BCUT2D eigenvalue weighted by Gasteiger charge is -2.02. The third-order valence-corrected chi connectivity index (χ3v) is 3.17. The number of hydrogen-bond acceptors (Lipinski definition) is 6. The topological polar surface area (TPSA) is 88.5 Å². The highest BCUT2D eigenvalue weighted by atomic mass is 32.2. The van der Waals surface area contributed by atoms with E-state index in [1.807, 2.05) is 14.0 Å². The van der Waals surface area contributed by atoms with Crippen molar-refractivity contribution in [3.05, 3.63) is 28.4 Å². The summed E-state index contributed by atoms with van der Waals surface area (Å²) in [5.74, 6) is 0. The summed E-state index contributed by atoms with van der Waals surface area (Å²) in [6, 6.07) is 0. The van der Waals surface area contributed by atoms with E-state index in [9.17, 15) is 4.79 Å². The molecule has 2 N–H and O–H groups in total. The highest BCUT2D eigenvalue weighted by molar-refractivity contribution is 7.99. The quantitative estimate of drug-likeness (QED) is 0.754.